The van der Waals surface area contributed by atoms with E-state index in [0.717, 1.165) is 24.0 Å². The fraction of sp³-hybridized carbons (Fsp3) is 0.316. The highest BCUT2D eigenvalue weighted by atomic mass is 35.5. The van der Waals surface area contributed by atoms with Crippen molar-refractivity contribution in [2.24, 2.45) is 5.92 Å². The van der Waals surface area contributed by atoms with Crippen LogP contribution in [0.25, 0.3) is 0 Å². The molecule has 7 heteroatoms. The van der Waals surface area contributed by atoms with Gasteiger partial charge in [0.25, 0.3) is 5.91 Å². The fourth-order valence-corrected chi connectivity index (χ4v) is 3.82. The largest absolute Gasteiger partial charge is 0.345 e. The summed E-state index contributed by atoms with van der Waals surface area (Å²) >= 11 is 6.15. The molecule has 2 N–H and O–H groups in total. The Kier molecular flexibility index (Phi) is 5.37. The minimum Gasteiger partial charge on any atom is -0.345 e. The summed E-state index contributed by atoms with van der Waals surface area (Å²) in [5.74, 6) is 0.0188. The van der Waals surface area contributed by atoms with E-state index in [1.54, 1.807) is 0 Å². The second kappa shape index (κ2) is 7.39. The molecular formula is C19H21ClN2O3S. The van der Waals surface area contributed by atoms with Crippen LogP contribution in [-0.2, 0) is 10.0 Å². The number of hydrogen-bond acceptors (Lipinski definition) is 3. The van der Waals surface area contributed by atoms with Crippen LogP contribution in [0.3, 0.4) is 0 Å². The smallest absolute Gasteiger partial charge is 0.253 e. The highest BCUT2D eigenvalue weighted by molar-refractivity contribution is 7.89. The van der Waals surface area contributed by atoms with Crippen LogP contribution in [0.15, 0.2) is 47.4 Å². The van der Waals surface area contributed by atoms with E-state index in [4.69, 9.17) is 11.6 Å². The summed E-state index contributed by atoms with van der Waals surface area (Å²) in [7, 11) is -2.33. The standard InChI is InChI=1S/C19H21ClN2O3S/c1-12-3-5-13(6-4-12)18(14-7-8-14)22-19(23)16-11-15(9-10-17(16)20)26(24,25)21-2/h3-6,9-11,14,18,21H,7-8H2,1-2H3,(H,22,23). The van der Waals surface area contributed by atoms with E-state index in [9.17, 15) is 13.2 Å². The number of hydrogen-bond donors (Lipinski definition) is 2. The van der Waals surface area contributed by atoms with Crippen molar-refractivity contribution < 1.29 is 13.2 Å². The third kappa shape index (κ3) is 4.09. The van der Waals surface area contributed by atoms with Gasteiger partial charge in [0.05, 0.1) is 21.5 Å². The minimum absolute atomic E-state index is 0.00728. The van der Waals surface area contributed by atoms with Crippen LogP contribution in [0.4, 0.5) is 0 Å². The van der Waals surface area contributed by atoms with E-state index >= 15 is 0 Å². The zero-order valence-electron chi connectivity index (χ0n) is 14.6. The van der Waals surface area contributed by atoms with Gasteiger partial charge in [-0.05, 0) is 56.5 Å². The Hall–Kier alpha value is -1.89. The third-order valence-corrected chi connectivity index (χ3v) is 6.32. The molecule has 0 spiro atoms. The van der Waals surface area contributed by atoms with Crippen molar-refractivity contribution in [1.82, 2.24) is 10.0 Å². The molecule has 138 valence electrons. The number of halogens is 1. The maximum atomic E-state index is 12.8. The summed E-state index contributed by atoms with van der Waals surface area (Å²) in [6.45, 7) is 2.02. The lowest BCUT2D eigenvalue weighted by Crippen LogP contribution is -2.30. The average Bonchev–Trinajstić information content (AvgIpc) is 3.45. The first-order valence-electron chi connectivity index (χ1n) is 8.42. The van der Waals surface area contributed by atoms with Crippen LogP contribution in [0.5, 0.6) is 0 Å². The molecule has 0 bridgehead atoms. The maximum Gasteiger partial charge on any atom is 0.253 e. The Morgan fingerprint density at radius 2 is 1.81 bits per heavy atom. The van der Waals surface area contributed by atoms with E-state index in [1.807, 2.05) is 31.2 Å². The second-order valence-electron chi connectivity index (χ2n) is 6.55. The molecule has 0 heterocycles. The Morgan fingerprint density at radius 1 is 1.15 bits per heavy atom. The number of carbonyl (C=O) groups is 1. The lowest BCUT2D eigenvalue weighted by atomic mass is 10.0. The molecule has 1 unspecified atom stereocenters. The van der Waals surface area contributed by atoms with Gasteiger partial charge >= 0.3 is 0 Å². The molecule has 1 aliphatic rings. The molecule has 1 atom stereocenters. The van der Waals surface area contributed by atoms with Crippen LogP contribution in [0.1, 0.15) is 40.4 Å². The van der Waals surface area contributed by atoms with Gasteiger partial charge in [0.1, 0.15) is 0 Å². The molecule has 1 saturated carbocycles. The van der Waals surface area contributed by atoms with Crippen molar-refractivity contribution in [3.8, 4) is 0 Å². The predicted octanol–water partition coefficient (Wildman–Crippen LogP) is 3.44. The SMILES string of the molecule is CNS(=O)(=O)c1ccc(Cl)c(C(=O)NC(c2ccc(C)cc2)C2CC2)c1. The van der Waals surface area contributed by atoms with E-state index in [-0.39, 0.29) is 27.4 Å². The first-order chi connectivity index (χ1) is 12.3. The second-order valence-corrected chi connectivity index (χ2v) is 8.84. The van der Waals surface area contributed by atoms with Gasteiger partial charge in [-0.15, -0.1) is 0 Å². The van der Waals surface area contributed by atoms with Crippen molar-refractivity contribution in [2.45, 2.75) is 30.7 Å². The lowest BCUT2D eigenvalue weighted by Gasteiger charge is -2.20. The zero-order valence-corrected chi connectivity index (χ0v) is 16.2. The quantitative estimate of drug-likeness (QED) is 0.790. The first-order valence-corrected chi connectivity index (χ1v) is 10.3. The Labute approximate surface area is 158 Å². The molecule has 0 aromatic heterocycles. The molecule has 1 fully saturated rings. The number of rotatable bonds is 6. The van der Waals surface area contributed by atoms with Crippen molar-refractivity contribution in [1.29, 1.82) is 0 Å². The van der Waals surface area contributed by atoms with Crippen molar-refractivity contribution in [2.75, 3.05) is 7.05 Å². The van der Waals surface area contributed by atoms with Gasteiger partial charge in [0.2, 0.25) is 10.0 Å². The summed E-state index contributed by atoms with van der Waals surface area (Å²) in [6.07, 6.45) is 2.11. The van der Waals surface area contributed by atoms with Crippen molar-refractivity contribution in [3.05, 3.63) is 64.2 Å². The highest BCUT2D eigenvalue weighted by Crippen LogP contribution is 2.41. The van der Waals surface area contributed by atoms with Crippen LogP contribution >= 0.6 is 11.6 Å². The van der Waals surface area contributed by atoms with E-state index in [2.05, 4.69) is 10.0 Å². The fourth-order valence-electron chi connectivity index (χ4n) is 2.86. The number of nitrogens with one attached hydrogen (secondary N) is 2. The van der Waals surface area contributed by atoms with Crippen LogP contribution < -0.4 is 10.0 Å². The van der Waals surface area contributed by atoms with Crippen LogP contribution in [0.2, 0.25) is 5.02 Å². The normalized spacial score (nSPS) is 15.5. The summed E-state index contributed by atoms with van der Waals surface area (Å²) < 4.78 is 26.2. The Bertz CT molecular complexity index is 922. The number of benzene rings is 2. The van der Waals surface area contributed by atoms with Gasteiger partial charge < -0.3 is 5.32 Å². The number of carbonyl (C=O) groups excluding carboxylic acids is 1. The molecule has 0 aliphatic heterocycles. The molecule has 0 radical (unpaired) electrons. The molecule has 5 nitrogen and oxygen atoms in total. The molecule has 1 aliphatic carbocycles. The summed E-state index contributed by atoms with van der Waals surface area (Å²) in [5.41, 5.74) is 2.35. The monoisotopic (exact) mass is 392 g/mol. The van der Waals surface area contributed by atoms with Crippen LogP contribution in [0, 0.1) is 12.8 Å². The molecule has 0 saturated heterocycles. The minimum atomic E-state index is -3.65. The number of sulfonamides is 1. The van der Waals surface area contributed by atoms with E-state index in [1.165, 1.54) is 25.2 Å². The van der Waals surface area contributed by atoms with Gasteiger partial charge in [-0.25, -0.2) is 13.1 Å². The highest BCUT2D eigenvalue weighted by Gasteiger charge is 2.34. The molecule has 1 amide bonds. The molecule has 2 aromatic rings. The molecule has 26 heavy (non-hydrogen) atoms. The van der Waals surface area contributed by atoms with Gasteiger partial charge in [-0.2, -0.15) is 0 Å². The topological polar surface area (TPSA) is 75.3 Å². The van der Waals surface area contributed by atoms with Gasteiger partial charge in [0, 0.05) is 0 Å². The van der Waals surface area contributed by atoms with Gasteiger partial charge in [-0.3, -0.25) is 4.79 Å². The van der Waals surface area contributed by atoms with E-state index in [0.29, 0.717) is 5.92 Å². The molecule has 3 rings (SSSR count). The first kappa shape index (κ1) is 18.9. The van der Waals surface area contributed by atoms with Gasteiger partial charge in [-0.1, -0.05) is 41.4 Å². The maximum absolute atomic E-state index is 12.8. The van der Waals surface area contributed by atoms with E-state index < -0.39 is 10.0 Å². The van der Waals surface area contributed by atoms with Crippen molar-refractivity contribution in [3.63, 3.8) is 0 Å². The summed E-state index contributed by atoms with van der Waals surface area (Å²) in [5, 5.41) is 3.25. The predicted molar refractivity (Wildman–Crippen MR) is 102 cm³/mol. The van der Waals surface area contributed by atoms with Crippen LogP contribution in [-0.4, -0.2) is 21.4 Å². The summed E-state index contributed by atoms with van der Waals surface area (Å²) in [6, 6.07) is 12.1. The Morgan fingerprint density at radius 3 is 2.38 bits per heavy atom. The summed E-state index contributed by atoms with van der Waals surface area (Å²) in [4.78, 5) is 12.8. The van der Waals surface area contributed by atoms with Crippen molar-refractivity contribution >= 4 is 27.5 Å². The zero-order chi connectivity index (χ0) is 18.9. The average molecular weight is 393 g/mol. The lowest BCUT2D eigenvalue weighted by molar-refractivity contribution is 0.0931. The molecular weight excluding hydrogens is 372 g/mol. The molecule has 2 aromatic carbocycles. The number of amides is 1. The number of aryl methyl sites for hydroxylation is 1. The third-order valence-electron chi connectivity index (χ3n) is 4.58. The van der Waals surface area contributed by atoms with Gasteiger partial charge in [0.15, 0.2) is 0 Å². The Balaban J connectivity index is 1.88.